The van der Waals surface area contributed by atoms with Crippen LogP contribution in [0.3, 0.4) is 0 Å². The molecule has 2 rings (SSSR count). The summed E-state index contributed by atoms with van der Waals surface area (Å²) in [6.07, 6.45) is 6.41. The van der Waals surface area contributed by atoms with Crippen LogP contribution in [0.4, 0.5) is 0 Å². The van der Waals surface area contributed by atoms with Crippen LogP contribution < -0.4 is 0 Å². The van der Waals surface area contributed by atoms with Crippen LogP contribution in [0.5, 0.6) is 0 Å². The van der Waals surface area contributed by atoms with E-state index in [0.717, 1.165) is 25.7 Å². The van der Waals surface area contributed by atoms with E-state index in [-0.39, 0.29) is 0 Å². The van der Waals surface area contributed by atoms with Crippen LogP contribution in [0.15, 0.2) is 0 Å². The van der Waals surface area contributed by atoms with Gasteiger partial charge in [0.2, 0.25) is 0 Å². The molecule has 3 heteroatoms. The molecule has 1 aliphatic heterocycles. The van der Waals surface area contributed by atoms with Crippen LogP contribution in [0.2, 0.25) is 0 Å². The minimum Gasteiger partial charge on any atom is -0.305 e. The summed E-state index contributed by atoms with van der Waals surface area (Å²) in [5, 5.41) is 0. The number of nitrogens with zero attached hydrogens (tertiary/aromatic N) is 2. The third-order valence-corrected chi connectivity index (χ3v) is 4.26. The molecule has 92 valence electrons. The van der Waals surface area contributed by atoms with Crippen molar-refractivity contribution >= 4 is 5.78 Å². The summed E-state index contributed by atoms with van der Waals surface area (Å²) >= 11 is 0. The third-order valence-electron chi connectivity index (χ3n) is 4.26. The number of ketones is 1. The first-order valence-electron chi connectivity index (χ1n) is 6.59. The number of Topliss-reactive ketones (excluding diaryl/α,β-unsaturated/α-hetero) is 1. The predicted octanol–water partition coefficient (Wildman–Crippen LogP) is 1.52. The molecule has 0 N–H and O–H groups in total. The second-order valence-corrected chi connectivity index (χ2v) is 5.49. The quantitative estimate of drug-likeness (QED) is 0.710. The molecule has 16 heavy (non-hydrogen) atoms. The van der Waals surface area contributed by atoms with Gasteiger partial charge in [-0.25, -0.2) is 0 Å². The van der Waals surface area contributed by atoms with Crippen LogP contribution in [-0.4, -0.2) is 54.9 Å². The molecule has 1 saturated carbocycles. The van der Waals surface area contributed by atoms with Crippen LogP contribution >= 0.6 is 0 Å². The maximum absolute atomic E-state index is 11.2. The molecule has 1 aliphatic carbocycles. The van der Waals surface area contributed by atoms with Crippen LogP contribution in [0.1, 0.15) is 38.5 Å². The first-order valence-corrected chi connectivity index (χ1v) is 6.59. The summed E-state index contributed by atoms with van der Waals surface area (Å²) in [7, 11) is 4.47. The van der Waals surface area contributed by atoms with Crippen molar-refractivity contribution in [1.29, 1.82) is 0 Å². The van der Waals surface area contributed by atoms with Crippen molar-refractivity contribution in [2.45, 2.75) is 50.6 Å². The van der Waals surface area contributed by atoms with Gasteiger partial charge in [-0.15, -0.1) is 0 Å². The molecule has 0 aromatic carbocycles. The fourth-order valence-electron chi connectivity index (χ4n) is 3.10. The average Bonchev–Trinajstić information content (AvgIpc) is 2.29. The van der Waals surface area contributed by atoms with Gasteiger partial charge in [-0.1, -0.05) is 0 Å². The van der Waals surface area contributed by atoms with Gasteiger partial charge in [0, 0.05) is 31.5 Å². The number of carbonyl (C=O) groups is 1. The Morgan fingerprint density at radius 2 is 1.88 bits per heavy atom. The van der Waals surface area contributed by atoms with Gasteiger partial charge in [0.25, 0.3) is 0 Å². The lowest BCUT2D eigenvalue weighted by Crippen LogP contribution is -2.49. The Hall–Kier alpha value is -0.410. The number of hydrogen-bond donors (Lipinski definition) is 0. The van der Waals surface area contributed by atoms with Crippen LogP contribution in [0.25, 0.3) is 0 Å². The van der Waals surface area contributed by atoms with Crippen molar-refractivity contribution in [3.8, 4) is 0 Å². The Labute approximate surface area is 98.8 Å². The first-order chi connectivity index (χ1) is 7.66. The summed E-state index contributed by atoms with van der Waals surface area (Å²) < 4.78 is 0. The topological polar surface area (TPSA) is 23.6 Å². The minimum atomic E-state index is 0.463. The molecule has 1 saturated heterocycles. The predicted molar refractivity (Wildman–Crippen MR) is 65.5 cm³/mol. The molecule has 0 bridgehead atoms. The van der Waals surface area contributed by atoms with E-state index >= 15 is 0 Å². The highest BCUT2D eigenvalue weighted by Gasteiger charge is 2.28. The van der Waals surface area contributed by atoms with Crippen molar-refractivity contribution in [3.05, 3.63) is 0 Å². The summed E-state index contributed by atoms with van der Waals surface area (Å²) in [5.74, 6) is 0.463. The monoisotopic (exact) mass is 224 g/mol. The van der Waals surface area contributed by atoms with Gasteiger partial charge >= 0.3 is 0 Å². The normalized spacial score (nSPS) is 29.9. The second kappa shape index (κ2) is 5.28. The molecule has 0 amide bonds. The molecular formula is C13H24N2O. The van der Waals surface area contributed by atoms with Crippen LogP contribution in [-0.2, 0) is 4.79 Å². The van der Waals surface area contributed by atoms with E-state index in [1.54, 1.807) is 0 Å². The number of likely N-dealkylation sites (tertiary alicyclic amines) is 1. The summed E-state index contributed by atoms with van der Waals surface area (Å²) in [6.45, 7) is 2.44. The Morgan fingerprint density at radius 1 is 1.19 bits per heavy atom. The Bertz CT molecular complexity index is 244. The van der Waals surface area contributed by atoms with Crippen molar-refractivity contribution in [3.63, 3.8) is 0 Å². The zero-order valence-corrected chi connectivity index (χ0v) is 10.6. The second-order valence-electron chi connectivity index (χ2n) is 5.49. The van der Waals surface area contributed by atoms with Crippen molar-refractivity contribution in [1.82, 2.24) is 9.80 Å². The molecular weight excluding hydrogens is 200 g/mol. The van der Waals surface area contributed by atoms with E-state index in [1.165, 1.54) is 25.9 Å². The molecule has 0 radical (unpaired) electrons. The molecule has 0 spiro atoms. The lowest BCUT2D eigenvalue weighted by atomic mass is 9.91. The molecule has 3 nitrogen and oxygen atoms in total. The highest BCUT2D eigenvalue weighted by atomic mass is 16.1. The first kappa shape index (κ1) is 12.1. The maximum atomic E-state index is 11.2. The highest BCUT2D eigenvalue weighted by molar-refractivity contribution is 5.79. The summed E-state index contributed by atoms with van der Waals surface area (Å²) in [6, 6.07) is 1.35. The van der Waals surface area contributed by atoms with Crippen molar-refractivity contribution < 1.29 is 4.79 Å². The highest BCUT2D eigenvalue weighted by Crippen LogP contribution is 2.24. The van der Waals surface area contributed by atoms with Gasteiger partial charge in [0.15, 0.2) is 0 Å². The zero-order chi connectivity index (χ0) is 11.5. The number of piperidine rings is 1. The van der Waals surface area contributed by atoms with E-state index in [0.29, 0.717) is 17.9 Å². The van der Waals surface area contributed by atoms with Gasteiger partial charge in [0.05, 0.1) is 0 Å². The Morgan fingerprint density at radius 3 is 2.50 bits per heavy atom. The number of carbonyl (C=O) groups excluding carboxylic acids is 1. The lowest BCUT2D eigenvalue weighted by molar-refractivity contribution is -0.121. The van der Waals surface area contributed by atoms with E-state index in [1.807, 2.05) is 0 Å². The standard InChI is InChI=1S/C13H24N2O/c1-14-9-3-4-12(10-14)15(2)11-5-7-13(16)8-6-11/h11-12H,3-10H2,1-2H3. The van der Waals surface area contributed by atoms with Gasteiger partial charge in [0.1, 0.15) is 5.78 Å². The fraction of sp³-hybridized carbons (Fsp3) is 0.923. The van der Waals surface area contributed by atoms with Gasteiger partial charge in [-0.2, -0.15) is 0 Å². The Balaban J connectivity index is 1.86. The molecule has 2 aliphatic rings. The number of hydrogen-bond acceptors (Lipinski definition) is 3. The third kappa shape index (κ3) is 2.83. The van der Waals surface area contributed by atoms with E-state index in [2.05, 4.69) is 23.9 Å². The molecule has 2 fully saturated rings. The smallest absolute Gasteiger partial charge is 0.133 e. The maximum Gasteiger partial charge on any atom is 0.133 e. The van der Waals surface area contributed by atoms with Crippen LogP contribution in [0, 0.1) is 0 Å². The summed E-state index contributed by atoms with van der Waals surface area (Å²) in [5.41, 5.74) is 0. The number of rotatable bonds is 2. The minimum absolute atomic E-state index is 0.463. The van der Waals surface area contributed by atoms with E-state index in [9.17, 15) is 4.79 Å². The number of likely N-dealkylation sites (N-methyl/N-ethyl adjacent to an activating group) is 2. The van der Waals surface area contributed by atoms with Gasteiger partial charge in [-0.3, -0.25) is 9.69 Å². The average molecular weight is 224 g/mol. The van der Waals surface area contributed by atoms with Crippen molar-refractivity contribution in [2.75, 3.05) is 27.2 Å². The molecule has 1 unspecified atom stereocenters. The van der Waals surface area contributed by atoms with E-state index in [4.69, 9.17) is 0 Å². The van der Waals surface area contributed by atoms with E-state index < -0.39 is 0 Å². The largest absolute Gasteiger partial charge is 0.305 e. The molecule has 1 atom stereocenters. The molecule has 0 aromatic heterocycles. The lowest BCUT2D eigenvalue weighted by Gasteiger charge is -2.41. The fourth-order valence-corrected chi connectivity index (χ4v) is 3.10. The molecule has 0 aromatic rings. The zero-order valence-electron chi connectivity index (χ0n) is 10.6. The SMILES string of the molecule is CN1CCCC(N(C)C2CCC(=O)CC2)C1. The Kier molecular flexibility index (Phi) is 3.98. The molecule has 1 heterocycles. The van der Waals surface area contributed by atoms with Gasteiger partial charge < -0.3 is 4.90 Å². The van der Waals surface area contributed by atoms with Crippen molar-refractivity contribution in [2.24, 2.45) is 0 Å². The van der Waals surface area contributed by atoms with Gasteiger partial charge in [-0.05, 0) is 46.3 Å². The summed E-state index contributed by atoms with van der Waals surface area (Å²) in [4.78, 5) is 16.2.